The number of carboxylic acid groups (broad SMARTS) is 1. The third-order valence-corrected chi connectivity index (χ3v) is 4.49. The van der Waals surface area contributed by atoms with Gasteiger partial charge in [0.2, 0.25) is 0 Å². The zero-order valence-corrected chi connectivity index (χ0v) is 15.1. The van der Waals surface area contributed by atoms with Crippen LogP contribution in [0.3, 0.4) is 0 Å². The number of unbranched alkanes of at least 4 members (excludes halogenated alkanes) is 16. The van der Waals surface area contributed by atoms with Gasteiger partial charge in [-0.1, -0.05) is 110 Å². The third-order valence-electron chi connectivity index (χ3n) is 4.49. The molecule has 0 atom stereocenters. The summed E-state index contributed by atoms with van der Waals surface area (Å²) < 4.78 is 0. The summed E-state index contributed by atoms with van der Waals surface area (Å²) in [4.78, 5) is 10.4. The van der Waals surface area contributed by atoms with Crippen LogP contribution in [-0.2, 0) is 4.79 Å². The number of hydrogen-bond donors (Lipinski definition) is 1. The smallest absolute Gasteiger partial charge is 0.303 e. The van der Waals surface area contributed by atoms with E-state index in [1.165, 1.54) is 96.3 Å². The highest BCUT2D eigenvalue weighted by Gasteiger charge is 1.97. The van der Waals surface area contributed by atoms with Crippen molar-refractivity contribution in [2.45, 2.75) is 122 Å². The quantitative estimate of drug-likeness (QED) is 0.248. The number of aliphatic carboxylic acids is 1. The molecule has 0 aliphatic rings. The van der Waals surface area contributed by atoms with Gasteiger partial charge in [0, 0.05) is 6.42 Å². The van der Waals surface area contributed by atoms with Crippen LogP contribution in [0.2, 0.25) is 0 Å². The van der Waals surface area contributed by atoms with Gasteiger partial charge in [-0.15, -0.1) is 0 Å². The molecule has 1 N–H and O–H groups in total. The molecule has 0 aromatic heterocycles. The fourth-order valence-electron chi connectivity index (χ4n) is 3.00. The summed E-state index contributed by atoms with van der Waals surface area (Å²) in [7, 11) is 0. The normalized spacial score (nSPS) is 10.5. The Kier molecular flexibility index (Phi) is 24.2. The van der Waals surface area contributed by atoms with Gasteiger partial charge in [0.25, 0.3) is 0 Å². The molecular weight excluding hydrogens is 299 g/mol. The van der Waals surface area contributed by atoms with Gasteiger partial charge < -0.3 is 5.11 Å². The van der Waals surface area contributed by atoms with Crippen LogP contribution >= 0.6 is 0 Å². The lowest BCUT2D eigenvalue weighted by Crippen LogP contribution is -1.93. The molecule has 0 rings (SSSR count). The van der Waals surface area contributed by atoms with Crippen LogP contribution in [0, 0.1) is 0 Å². The second-order valence-electron chi connectivity index (χ2n) is 6.80. The lowest BCUT2D eigenvalue weighted by Gasteiger charge is -2.03. The molecule has 0 aliphatic carbocycles. The molecule has 0 aromatic rings. The molecule has 3 heteroatoms. The van der Waals surface area contributed by atoms with Crippen molar-refractivity contribution < 1.29 is 9.90 Å². The maximum absolute atomic E-state index is 10.4. The molecule has 2 nitrogen and oxygen atoms in total. The van der Waals surface area contributed by atoms with Gasteiger partial charge in [-0.05, 0) is 6.42 Å². The van der Waals surface area contributed by atoms with Gasteiger partial charge in [0.15, 0.2) is 17.4 Å². The van der Waals surface area contributed by atoms with Gasteiger partial charge in [0.1, 0.15) is 0 Å². The first-order valence-corrected chi connectivity index (χ1v) is 9.99. The van der Waals surface area contributed by atoms with Gasteiger partial charge in [-0.3, -0.25) is 4.79 Å². The van der Waals surface area contributed by atoms with Crippen molar-refractivity contribution in [3.63, 3.8) is 0 Å². The minimum atomic E-state index is -0.652. The number of hydrogen-bond acceptors (Lipinski definition) is 1. The first-order chi connectivity index (χ1) is 10.8. The first-order valence-electron chi connectivity index (χ1n) is 9.99. The summed E-state index contributed by atoms with van der Waals surface area (Å²) in [6.07, 6.45) is 23.1. The van der Waals surface area contributed by atoms with Crippen molar-refractivity contribution >= 4 is 23.3 Å². The summed E-state index contributed by atoms with van der Waals surface area (Å²) in [6, 6.07) is 0. The van der Waals surface area contributed by atoms with Gasteiger partial charge >= 0.3 is 5.97 Å². The summed E-state index contributed by atoms with van der Waals surface area (Å²) in [5.74, 6) is -0.652. The van der Waals surface area contributed by atoms with Crippen molar-refractivity contribution in [1.29, 1.82) is 0 Å². The number of carboxylic acids is 1. The molecule has 0 aromatic carbocycles. The van der Waals surface area contributed by atoms with Crippen LogP contribution < -0.4 is 0 Å². The average molecular weight is 343 g/mol. The minimum Gasteiger partial charge on any atom is -0.481 e. The van der Waals surface area contributed by atoms with E-state index in [0.717, 1.165) is 12.8 Å². The van der Waals surface area contributed by atoms with Gasteiger partial charge in [0.05, 0.1) is 0 Å². The molecule has 23 heavy (non-hydrogen) atoms. The highest BCUT2D eigenvalue weighted by atomic mass is 27.0. The van der Waals surface area contributed by atoms with E-state index in [2.05, 4.69) is 6.92 Å². The fourth-order valence-corrected chi connectivity index (χ4v) is 3.00. The summed E-state index contributed by atoms with van der Waals surface area (Å²) in [5, 5.41) is 8.54. The predicted octanol–water partition coefficient (Wildman–Crippen LogP) is 5.93. The Hall–Kier alpha value is 0.00247. The van der Waals surface area contributed by atoms with E-state index in [0.29, 0.717) is 6.42 Å². The molecule has 0 saturated heterocycles. The minimum absolute atomic E-state index is 0. The Morgan fingerprint density at radius 3 is 1.09 bits per heavy atom. The Morgan fingerprint density at radius 2 is 0.826 bits per heavy atom. The van der Waals surface area contributed by atoms with Crippen LogP contribution in [0.5, 0.6) is 0 Å². The highest BCUT2D eigenvalue weighted by Crippen LogP contribution is 2.14. The molecule has 0 radical (unpaired) electrons. The fraction of sp³-hybridized carbons (Fsp3) is 0.950. The second-order valence-corrected chi connectivity index (χ2v) is 6.80. The predicted molar refractivity (Wildman–Crippen MR) is 106 cm³/mol. The maximum atomic E-state index is 10.4. The molecule has 0 bridgehead atoms. The van der Waals surface area contributed by atoms with E-state index in [1.807, 2.05) is 0 Å². The van der Waals surface area contributed by atoms with E-state index < -0.39 is 5.97 Å². The first kappa shape index (κ1) is 25.2. The lowest BCUT2D eigenvalue weighted by atomic mass is 10.0. The van der Waals surface area contributed by atoms with Crippen molar-refractivity contribution in [3.05, 3.63) is 0 Å². The zero-order valence-electron chi connectivity index (χ0n) is 15.1. The van der Waals surface area contributed by atoms with E-state index >= 15 is 0 Å². The van der Waals surface area contributed by atoms with E-state index in [-0.39, 0.29) is 17.4 Å². The Morgan fingerprint density at radius 1 is 0.565 bits per heavy atom. The van der Waals surface area contributed by atoms with Crippen LogP contribution in [0.1, 0.15) is 122 Å². The molecule has 0 fully saturated rings. The third kappa shape index (κ3) is 24.4. The maximum Gasteiger partial charge on any atom is 0.303 e. The molecule has 0 spiro atoms. The van der Waals surface area contributed by atoms with Crippen molar-refractivity contribution in [3.8, 4) is 0 Å². The molecule has 0 unspecified atom stereocenters. The van der Waals surface area contributed by atoms with Crippen LogP contribution in [0.4, 0.5) is 0 Å². The second kappa shape index (κ2) is 22.0. The molecule has 0 amide bonds. The van der Waals surface area contributed by atoms with Gasteiger partial charge in [-0.2, -0.15) is 0 Å². The zero-order chi connectivity index (χ0) is 16.3. The van der Waals surface area contributed by atoms with Crippen molar-refractivity contribution in [2.75, 3.05) is 0 Å². The van der Waals surface area contributed by atoms with E-state index in [4.69, 9.17) is 5.11 Å². The summed E-state index contributed by atoms with van der Waals surface area (Å²) in [6.45, 7) is 2.28. The molecule has 138 valence electrons. The summed E-state index contributed by atoms with van der Waals surface area (Å²) in [5.41, 5.74) is 0. The molecule has 0 heterocycles. The molecule has 0 saturated carbocycles. The Labute approximate surface area is 156 Å². The Balaban J connectivity index is 0. The van der Waals surface area contributed by atoms with Crippen LogP contribution in [0.15, 0.2) is 0 Å². The molecular formula is C20H43AlO2. The SMILES string of the molecule is CCCCCCCCCCCCCCCCCCCC(=O)O.[AlH3]. The average Bonchev–Trinajstić information content (AvgIpc) is 2.50. The lowest BCUT2D eigenvalue weighted by molar-refractivity contribution is -0.137. The summed E-state index contributed by atoms with van der Waals surface area (Å²) >= 11 is 0. The Bertz CT molecular complexity index is 232. The topological polar surface area (TPSA) is 37.3 Å². The monoisotopic (exact) mass is 342 g/mol. The van der Waals surface area contributed by atoms with Crippen molar-refractivity contribution in [1.82, 2.24) is 0 Å². The highest BCUT2D eigenvalue weighted by molar-refractivity contribution is 5.75. The van der Waals surface area contributed by atoms with Crippen LogP contribution in [0.25, 0.3) is 0 Å². The standard InChI is InChI=1S/C20H40O2.Al.3H/c1-2-3-4-5-6-7-8-9-10-11-12-13-14-15-16-17-18-19-20(21)22;;;;/h2-19H2,1H3,(H,21,22);;;;. The largest absolute Gasteiger partial charge is 0.481 e. The van der Waals surface area contributed by atoms with Crippen LogP contribution in [-0.4, -0.2) is 28.4 Å². The van der Waals surface area contributed by atoms with Gasteiger partial charge in [-0.25, -0.2) is 0 Å². The number of rotatable bonds is 18. The molecule has 0 aliphatic heterocycles. The van der Waals surface area contributed by atoms with E-state index in [9.17, 15) is 4.79 Å². The number of carbonyl (C=O) groups is 1. The van der Waals surface area contributed by atoms with E-state index in [1.54, 1.807) is 0 Å². The van der Waals surface area contributed by atoms with Crippen molar-refractivity contribution in [2.24, 2.45) is 0 Å².